The molecule has 4 nitrogen and oxygen atoms in total. The lowest BCUT2D eigenvalue weighted by Gasteiger charge is -2.32. The van der Waals surface area contributed by atoms with E-state index in [0.29, 0.717) is 30.8 Å². The van der Waals surface area contributed by atoms with Crippen LogP contribution in [-0.4, -0.2) is 34.9 Å². The van der Waals surface area contributed by atoms with E-state index in [9.17, 15) is 13.6 Å². The molecular formula is C18H19F2N3O. The van der Waals surface area contributed by atoms with Crippen LogP contribution in [-0.2, 0) is 6.54 Å². The lowest BCUT2D eigenvalue weighted by molar-refractivity contribution is 0.0704. The van der Waals surface area contributed by atoms with E-state index >= 15 is 0 Å². The van der Waals surface area contributed by atoms with Crippen LogP contribution in [0.25, 0.3) is 0 Å². The largest absolute Gasteiger partial charge is 0.339 e. The second-order valence-electron chi connectivity index (χ2n) is 5.93. The molecule has 24 heavy (non-hydrogen) atoms. The molecule has 1 aliphatic heterocycles. The first-order valence-corrected chi connectivity index (χ1v) is 8.00. The first-order valence-electron chi connectivity index (χ1n) is 8.00. The SMILES string of the molecule is O=C(c1ccncc1)N1CCC(NCc2ccc(F)c(F)c2)CC1. The average Bonchev–Trinajstić information content (AvgIpc) is 2.63. The minimum atomic E-state index is -0.832. The summed E-state index contributed by atoms with van der Waals surface area (Å²) in [6, 6.07) is 7.63. The number of carbonyl (C=O) groups is 1. The van der Waals surface area contributed by atoms with E-state index in [2.05, 4.69) is 10.3 Å². The zero-order valence-corrected chi connectivity index (χ0v) is 13.2. The first kappa shape index (κ1) is 16.5. The second kappa shape index (κ2) is 7.49. The first-order chi connectivity index (χ1) is 11.6. The van der Waals surface area contributed by atoms with Gasteiger partial charge in [0.05, 0.1) is 0 Å². The highest BCUT2D eigenvalue weighted by molar-refractivity contribution is 5.94. The molecule has 0 bridgehead atoms. The van der Waals surface area contributed by atoms with E-state index in [1.807, 2.05) is 4.90 Å². The molecule has 0 saturated carbocycles. The van der Waals surface area contributed by atoms with Crippen molar-refractivity contribution < 1.29 is 13.6 Å². The van der Waals surface area contributed by atoms with E-state index < -0.39 is 11.6 Å². The van der Waals surface area contributed by atoms with E-state index in [4.69, 9.17) is 0 Å². The van der Waals surface area contributed by atoms with E-state index in [1.165, 1.54) is 6.07 Å². The molecule has 2 aromatic rings. The Hall–Kier alpha value is -2.34. The second-order valence-corrected chi connectivity index (χ2v) is 5.93. The summed E-state index contributed by atoms with van der Waals surface area (Å²) in [6.07, 6.45) is 4.90. The highest BCUT2D eigenvalue weighted by Gasteiger charge is 2.23. The molecule has 1 aliphatic rings. The Kier molecular flexibility index (Phi) is 5.15. The third-order valence-corrected chi connectivity index (χ3v) is 4.29. The van der Waals surface area contributed by atoms with E-state index in [1.54, 1.807) is 30.6 Å². The van der Waals surface area contributed by atoms with Crippen LogP contribution in [0.2, 0.25) is 0 Å². The van der Waals surface area contributed by atoms with Crippen LogP contribution in [0.15, 0.2) is 42.7 Å². The average molecular weight is 331 g/mol. The molecular weight excluding hydrogens is 312 g/mol. The van der Waals surface area contributed by atoms with Crippen molar-refractivity contribution in [1.82, 2.24) is 15.2 Å². The van der Waals surface area contributed by atoms with Crippen molar-refractivity contribution in [3.8, 4) is 0 Å². The number of amides is 1. The standard InChI is InChI=1S/C18H19F2N3O/c19-16-2-1-13(11-17(16)20)12-22-15-5-9-23(10-6-15)18(24)14-3-7-21-8-4-14/h1-4,7-8,11,15,22H,5-6,9-10,12H2. The quantitative estimate of drug-likeness (QED) is 0.937. The Balaban J connectivity index is 1.48. The summed E-state index contributed by atoms with van der Waals surface area (Å²) in [5.41, 5.74) is 1.36. The minimum absolute atomic E-state index is 0.0245. The van der Waals surface area contributed by atoms with Crippen LogP contribution < -0.4 is 5.32 Å². The normalized spacial score (nSPS) is 15.5. The Bertz CT molecular complexity index is 701. The molecule has 0 aliphatic carbocycles. The van der Waals surface area contributed by atoms with Gasteiger partial charge in [0.15, 0.2) is 11.6 Å². The van der Waals surface area contributed by atoms with Crippen LogP contribution >= 0.6 is 0 Å². The number of nitrogens with zero attached hydrogens (tertiary/aromatic N) is 2. The summed E-state index contributed by atoms with van der Waals surface area (Å²) < 4.78 is 26.1. The molecule has 3 rings (SSSR count). The maximum absolute atomic E-state index is 13.2. The summed E-state index contributed by atoms with van der Waals surface area (Å²) >= 11 is 0. The maximum atomic E-state index is 13.2. The number of benzene rings is 1. The van der Waals surface area contributed by atoms with Crippen LogP contribution in [0.1, 0.15) is 28.8 Å². The van der Waals surface area contributed by atoms with Crippen molar-refractivity contribution in [2.24, 2.45) is 0 Å². The number of nitrogens with one attached hydrogen (secondary N) is 1. The highest BCUT2D eigenvalue weighted by Crippen LogP contribution is 2.15. The zero-order valence-electron chi connectivity index (χ0n) is 13.2. The smallest absolute Gasteiger partial charge is 0.253 e. The molecule has 0 atom stereocenters. The molecule has 126 valence electrons. The van der Waals surface area contributed by atoms with Gasteiger partial charge in [-0.1, -0.05) is 6.07 Å². The fourth-order valence-electron chi connectivity index (χ4n) is 2.88. The predicted molar refractivity (Wildman–Crippen MR) is 86.4 cm³/mol. The topological polar surface area (TPSA) is 45.2 Å². The van der Waals surface area contributed by atoms with Crippen molar-refractivity contribution in [2.75, 3.05) is 13.1 Å². The highest BCUT2D eigenvalue weighted by atomic mass is 19.2. The molecule has 2 heterocycles. The van der Waals surface area contributed by atoms with Crippen molar-refractivity contribution >= 4 is 5.91 Å². The molecule has 1 amide bonds. The number of piperidine rings is 1. The number of rotatable bonds is 4. The Morgan fingerprint density at radius 1 is 1.12 bits per heavy atom. The Morgan fingerprint density at radius 3 is 2.50 bits per heavy atom. The Morgan fingerprint density at radius 2 is 1.83 bits per heavy atom. The number of likely N-dealkylation sites (tertiary alicyclic amines) is 1. The van der Waals surface area contributed by atoms with E-state index in [-0.39, 0.29) is 11.9 Å². The van der Waals surface area contributed by atoms with Gasteiger partial charge < -0.3 is 10.2 Å². The summed E-state index contributed by atoms with van der Waals surface area (Å²) in [5, 5.41) is 3.35. The number of carbonyl (C=O) groups excluding carboxylic acids is 1. The van der Waals surface area contributed by atoms with Crippen molar-refractivity contribution in [2.45, 2.75) is 25.4 Å². The van der Waals surface area contributed by atoms with Gasteiger partial charge in [0, 0.05) is 43.6 Å². The van der Waals surface area contributed by atoms with Gasteiger partial charge in [0.1, 0.15) is 0 Å². The van der Waals surface area contributed by atoms with Gasteiger partial charge >= 0.3 is 0 Å². The van der Waals surface area contributed by atoms with Crippen LogP contribution in [0.5, 0.6) is 0 Å². The number of hydrogen-bond donors (Lipinski definition) is 1. The van der Waals surface area contributed by atoms with Gasteiger partial charge in [-0.3, -0.25) is 9.78 Å². The summed E-state index contributed by atoms with van der Waals surface area (Å²) in [4.78, 5) is 18.1. The Labute approximate surface area is 139 Å². The van der Waals surface area contributed by atoms with Gasteiger partial charge in [0.2, 0.25) is 0 Å². The maximum Gasteiger partial charge on any atom is 0.253 e. The molecule has 1 aromatic heterocycles. The third-order valence-electron chi connectivity index (χ3n) is 4.29. The van der Waals surface area contributed by atoms with Crippen LogP contribution in [0, 0.1) is 11.6 Å². The fraction of sp³-hybridized carbons (Fsp3) is 0.333. The summed E-state index contributed by atoms with van der Waals surface area (Å²) in [6.45, 7) is 1.84. The van der Waals surface area contributed by atoms with Gasteiger partial charge in [-0.2, -0.15) is 0 Å². The molecule has 1 aromatic carbocycles. The molecule has 0 radical (unpaired) electrons. The molecule has 1 fully saturated rings. The van der Waals surface area contributed by atoms with Gasteiger partial charge in [-0.05, 0) is 42.7 Å². The zero-order chi connectivity index (χ0) is 16.9. The third kappa shape index (κ3) is 3.94. The monoisotopic (exact) mass is 331 g/mol. The minimum Gasteiger partial charge on any atom is -0.339 e. The van der Waals surface area contributed by atoms with Gasteiger partial charge in [-0.15, -0.1) is 0 Å². The summed E-state index contributed by atoms with van der Waals surface area (Å²) in [5.74, 6) is -1.63. The van der Waals surface area contributed by atoms with Crippen LogP contribution in [0.3, 0.4) is 0 Å². The molecule has 1 saturated heterocycles. The van der Waals surface area contributed by atoms with Crippen molar-refractivity contribution in [3.63, 3.8) is 0 Å². The lowest BCUT2D eigenvalue weighted by Crippen LogP contribution is -2.44. The summed E-state index contributed by atoms with van der Waals surface area (Å²) in [7, 11) is 0. The lowest BCUT2D eigenvalue weighted by atomic mass is 10.0. The van der Waals surface area contributed by atoms with Crippen molar-refractivity contribution in [1.29, 1.82) is 0 Å². The van der Waals surface area contributed by atoms with Gasteiger partial charge in [0.25, 0.3) is 5.91 Å². The number of hydrogen-bond acceptors (Lipinski definition) is 3. The van der Waals surface area contributed by atoms with Crippen molar-refractivity contribution in [3.05, 3.63) is 65.5 Å². The number of pyridine rings is 1. The van der Waals surface area contributed by atoms with E-state index in [0.717, 1.165) is 18.9 Å². The molecule has 6 heteroatoms. The predicted octanol–water partition coefficient (Wildman–Crippen LogP) is 2.75. The number of halogens is 2. The van der Waals surface area contributed by atoms with Gasteiger partial charge in [-0.25, -0.2) is 8.78 Å². The number of aromatic nitrogens is 1. The van der Waals surface area contributed by atoms with Crippen LogP contribution in [0.4, 0.5) is 8.78 Å². The molecule has 1 N–H and O–H groups in total. The molecule has 0 spiro atoms. The fourth-order valence-corrected chi connectivity index (χ4v) is 2.88. The molecule has 0 unspecified atom stereocenters.